The number of aromatic amines is 1. The second-order valence-corrected chi connectivity index (χ2v) is 7.03. The molecule has 0 aliphatic carbocycles. The second-order valence-electron chi connectivity index (χ2n) is 7.03. The Balaban J connectivity index is 2.71. The van der Waals surface area contributed by atoms with Crippen LogP contribution in [0, 0.1) is 10.1 Å². The first-order chi connectivity index (χ1) is 15.8. The number of nitro groups is 1. The smallest absolute Gasteiger partial charge is 0.350 e. The number of rotatable bonds is 7. The number of hydrogen-bond acceptors (Lipinski definition) is 13. The molecule has 0 amide bonds. The van der Waals surface area contributed by atoms with Crippen LogP contribution in [-0.2, 0) is 42.9 Å². The van der Waals surface area contributed by atoms with Gasteiger partial charge in [-0.3, -0.25) is 43.6 Å². The SMILES string of the molecule is CC(=O)OC[C@H]1O[C@@H](n2cc([N+](=O)[O-])c(=O)[nH]c2=O)[C@H](OC(C)=O)[C@@H](OC(C)=O)[C@@H]1OC(C)=O. The molecule has 1 saturated heterocycles. The van der Waals surface area contributed by atoms with Crippen LogP contribution in [0.5, 0.6) is 0 Å². The van der Waals surface area contributed by atoms with Crippen LogP contribution in [0.15, 0.2) is 15.8 Å². The lowest BCUT2D eigenvalue weighted by molar-refractivity contribution is -0.387. The van der Waals surface area contributed by atoms with Crippen LogP contribution in [-0.4, -0.2) is 69.4 Å². The maximum Gasteiger partial charge on any atom is 0.350 e. The van der Waals surface area contributed by atoms with E-state index in [-0.39, 0.29) is 0 Å². The molecular formula is C18H21N3O13. The fraction of sp³-hybridized carbons (Fsp3) is 0.556. The van der Waals surface area contributed by atoms with E-state index in [9.17, 15) is 38.9 Å². The number of H-pyrrole nitrogens is 1. The number of hydrogen-bond donors (Lipinski definition) is 1. The van der Waals surface area contributed by atoms with Gasteiger partial charge in [-0.2, -0.15) is 0 Å². The zero-order valence-electron chi connectivity index (χ0n) is 18.4. The Bertz CT molecular complexity index is 1110. The number of aromatic nitrogens is 2. The van der Waals surface area contributed by atoms with Gasteiger partial charge in [-0.1, -0.05) is 0 Å². The van der Waals surface area contributed by atoms with Gasteiger partial charge >= 0.3 is 40.8 Å². The summed E-state index contributed by atoms with van der Waals surface area (Å²) in [5, 5.41) is 11.2. The molecule has 0 radical (unpaired) electrons. The summed E-state index contributed by atoms with van der Waals surface area (Å²) in [7, 11) is 0. The molecule has 1 aliphatic rings. The lowest BCUT2D eigenvalue weighted by Crippen LogP contribution is -2.61. The van der Waals surface area contributed by atoms with E-state index in [0.29, 0.717) is 10.8 Å². The minimum atomic E-state index is -1.75. The molecule has 16 nitrogen and oxygen atoms in total. The maximum atomic E-state index is 12.5. The van der Waals surface area contributed by atoms with Gasteiger partial charge in [0.25, 0.3) is 0 Å². The number of carbonyl (C=O) groups excluding carboxylic acids is 4. The molecule has 0 bridgehead atoms. The van der Waals surface area contributed by atoms with Gasteiger partial charge in [0, 0.05) is 27.7 Å². The monoisotopic (exact) mass is 487 g/mol. The molecule has 1 N–H and O–H groups in total. The minimum absolute atomic E-state index is 0.536. The lowest BCUT2D eigenvalue weighted by Gasteiger charge is -2.44. The molecule has 1 aromatic rings. The third kappa shape index (κ3) is 6.25. The third-order valence-electron chi connectivity index (χ3n) is 4.39. The number of nitrogens with one attached hydrogen (secondary N) is 1. The highest BCUT2D eigenvalue weighted by atomic mass is 16.7. The predicted octanol–water partition coefficient (Wildman–Crippen LogP) is -1.30. The molecule has 1 aromatic heterocycles. The largest absolute Gasteiger partial charge is 0.463 e. The Hall–Kier alpha value is -4.08. The molecule has 16 heteroatoms. The van der Waals surface area contributed by atoms with E-state index in [1.165, 1.54) is 0 Å². The van der Waals surface area contributed by atoms with E-state index in [0.717, 1.165) is 27.7 Å². The van der Waals surface area contributed by atoms with Crippen molar-refractivity contribution in [2.45, 2.75) is 58.3 Å². The second kappa shape index (κ2) is 10.7. The molecule has 1 fully saturated rings. The molecule has 186 valence electrons. The van der Waals surface area contributed by atoms with Gasteiger partial charge in [-0.25, -0.2) is 4.79 Å². The van der Waals surface area contributed by atoms with Crippen LogP contribution in [0.4, 0.5) is 5.69 Å². The van der Waals surface area contributed by atoms with Crippen molar-refractivity contribution in [2.75, 3.05) is 6.61 Å². The Morgan fingerprint density at radius 2 is 1.50 bits per heavy atom. The summed E-state index contributed by atoms with van der Waals surface area (Å²) in [6, 6.07) is 0. The number of esters is 4. The Morgan fingerprint density at radius 3 is 2.00 bits per heavy atom. The molecule has 1 aliphatic heterocycles. The zero-order chi connectivity index (χ0) is 25.7. The molecular weight excluding hydrogens is 466 g/mol. The first-order valence-corrected chi connectivity index (χ1v) is 9.62. The summed E-state index contributed by atoms with van der Waals surface area (Å²) in [5.41, 5.74) is -3.55. The van der Waals surface area contributed by atoms with Crippen molar-refractivity contribution in [1.82, 2.24) is 9.55 Å². The van der Waals surface area contributed by atoms with Crippen LogP contribution in [0.1, 0.15) is 33.9 Å². The molecule has 0 unspecified atom stereocenters. The summed E-state index contributed by atoms with van der Waals surface area (Å²) in [6.07, 6.45) is -7.39. The topological polar surface area (TPSA) is 212 Å². The highest BCUT2D eigenvalue weighted by Gasteiger charge is 2.53. The van der Waals surface area contributed by atoms with Gasteiger partial charge in [-0.05, 0) is 0 Å². The molecule has 34 heavy (non-hydrogen) atoms. The van der Waals surface area contributed by atoms with E-state index in [1.807, 2.05) is 0 Å². The van der Waals surface area contributed by atoms with Crippen molar-refractivity contribution in [3.05, 3.63) is 37.1 Å². The number of ether oxygens (including phenoxy) is 5. The third-order valence-corrected chi connectivity index (χ3v) is 4.39. The van der Waals surface area contributed by atoms with Crippen molar-refractivity contribution in [3.8, 4) is 0 Å². The standard InChI is InChI=1S/C18H21N3O13/c1-7(22)30-6-12-13(31-8(2)23)14(32-9(3)24)15(33-10(4)25)17(34-12)20-5-11(21(28)29)16(26)19-18(20)27/h5,12-15,17H,6H2,1-4H3,(H,19,26,27)/t12-,13-,14+,15-,17-/m1/s1. The van der Waals surface area contributed by atoms with E-state index in [2.05, 4.69) is 0 Å². The Morgan fingerprint density at radius 1 is 0.971 bits per heavy atom. The van der Waals surface area contributed by atoms with Gasteiger partial charge < -0.3 is 23.7 Å². The van der Waals surface area contributed by atoms with Gasteiger partial charge in [0.15, 0.2) is 24.5 Å². The lowest BCUT2D eigenvalue weighted by atomic mass is 9.97. The molecule has 2 heterocycles. The summed E-state index contributed by atoms with van der Waals surface area (Å²) in [6.45, 7) is 3.50. The molecule has 5 atom stereocenters. The molecule has 0 spiro atoms. The molecule has 2 rings (SSSR count). The van der Waals surface area contributed by atoms with E-state index < -0.39 is 83.0 Å². The van der Waals surface area contributed by atoms with Crippen LogP contribution in [0.2, 0.25) is 0 Å². The average Bonchev–Trinajstić information content (AvgIpc) is 2.68. The van der Waals surface area contributed by atoms with Crippen molar-refractivity contribution < 1.29 is 47.8 Å². The zero-order valence-corrected chi connectivity index (χ0v) is 18.4. The van der Waals surface area contributed by atoms with Gasteiger partial charge in [0.05, 0.1) is 11.1 Å². The average molecular weight is 487 g/mol. The number of carbonyl (C=O) groups is 4. The number of nitrogens with zero attached hydrogens (tertiary/aromatic N) is 2. The fourth-order valence-electron chi connectivity index (χ4n) is 3.22. The Labute approximate surface area is 189 Å². The normalized spacial score (nSPS) is 23.9. The summed E-state index contributed by atoms with van der Waals surface area (Å²) < 4.78 is 26.7. The first-order valence-electron chi connectivity index (χ1n) is 9.62. The van der Waals surface area contributed by atoms with Crippen molar-refractivity contribution >= 4 is 29.6 Å². The van der Waals surface area contributed by atoms with Crippen molar-refractivity contribution in [2.24, 2.45) is 0 Å². The van der Waals surface area contributed by atoms with E-state index in [4.69, 9.17) is 23.7 Å². The molecule has 0 saturated carbocycles. The van der Waals surface area contributed by atoms with E-state index >= 15 is 0 Å². The van der Waals surface area contributed by atoms with Gasteiger partial charge in [-0.15, -0.1) is 0 Å². The fourth-order valence-corrected chi connectivity index (χ4v) is 3.22. The van der Waals surface area contributed by atoms with Crippen LogP contribution < -0.4 is 11.2 Å². The van der Waals surface area contributed by atoms with Crippen molar-refractivity contribution in [1.29, 1.82) is 0 Å². The van der Waals surface area contributed by atoms with Crippen LogP contribution >= 0.6 is 0 Å². The highest BCUT2D eigenvalue weighted by Crippen LogP contribution is 2.34. The first kappa shape index (κ1) is 26.2. The maximum absolute atomic E-state index is 12.5. The highest BCUT2D eigenvalue weighted by molar-refractivity contribution is 5.68. The minimum Gasteiger partial charge on any atom is -0.463 e. The predicted molar refractivity (Wildman–Crippen MR) is 105 cm³/mol. The summed E-state index contributed by atoms with van der Waals surface area (Å²) in [5.74, 6) is -3.48. The van der Waals surface area contributed by atoms with Gasteiger partial charge in [0.1, 0.15) is 12.7 Å². The quantitative estimate of drug-likeness (QED) is 0.205. The Kier molecular flexibility index (Phi) is 8.23. The van der Waals surface area contributed by atoms with Crippen LogP contribution in [0.25, 0.3) is 0 Å². The molecule has 0 aromatic carbocycles. The van der Waals surface area contributed by atoms with E-state index in [1.54, 1.807) is 4.98 Å². The van der Waals surface area contributed by atoms with Crippen molar-refractivity contribution in [3.63, 3.8) is 0 Å². The summed E-state index contributed by atoms with van der Waals surface area (Å²) in [4.78, 5) is 82.8. The summed E-state index contributed by atoms with van der Waals surface area (Å²) >= 11 is 0. The van der Waals surface area contributed by atoms with Crippen LogP contribution in [0.3, 0.4) is 0 Å². The van der Waals surface area contributed by atoms with Gasteiger partial charge in [0.2, 0.25) is 0 Å².